The zero-order chi connectivity index (χ0) is 13.9. The molecule has 0 aliphatic heterocycles. The van der Waals surface area contributed by atoms with Crippen LogP contribution >= 0.6 is 0 Å². The maximum Gasteiger partial charge on any atom is 0.156 e. The molecule has 2 rings (SSSR count). The Kier molecular flexibility index (Phi) is 4.62. The standard InChI is InChI=1S/C13H23N3O2S/c1-11(14)7-9-19(17,18)10-12-6-8-16(15-12)13-4-2-3-5-13/h6,8,11,13H,2-5,7,9-10,14H2,1H3. The van der Waals surface area contributed by atoms with Crippen molar-refractivity contribution >= 4 is 9.84 Å². The van der Waals surface area contributed by atoms with Crippen LogP contribution in [0, 0.1) is 0 Å². The summed E-state index contributed by atoms with van der Waals surface area (Å²) in [5.41, 5.74) is 6.25. The van der Waals surface area contributed by atoms with Gasteiger partial charge < -0.3 is 5.73 Å². The highest BCUT2D eigenvalue weighted by atomic mass is 32.2. The van der Waals surface area contributed by atoms with Crippen LogP contribution in [0.3, 0.4) is 0 Å². The van der Waals surface area contributed by atoms with E-state index in [1.807, 2.05) is 23.9 Å². The van der Waals surface area contributed by atoms with Gasteiger partial charge in [0.25, 0.3) is 0 Å². The summed E-state index contributed by atoms with van der Waals surface area (Å²) in [6.07, 6.45) is 7.20. The third-order valence-electron chi connectivity index (χ3n) is 3.61. The van der Waals surface area contributed by atoms with Crippen molar-refractivity contribution in [2.24, 2.45) is 5.73 Å². The van der Waals surface area contributed by atoms with Crippen molar-refractivity contribution in [1.29, 1.82) is 0 Å². The Bertz CT molecular complexity index is 502. The van der Waals surface area contributed by atoms with E-state index >= 15 is 0 Å². The molecule has 0 bridgehead atoms. The molecule has 19 heavy (non-hydrogen) atoms. The van der Waals surface area contributed by atoms with E-state index in [9.17, 15) is 8.42 Å². The normalized spacial score (nSPS) is 18.8. The second kappa shape index (κ2) is 6.05. The monoisotopic (exact) mass is 285 g/mol. The fourth-order valence-corrected chi connectivity index (χ4v) is 3.97. The summed E-state index contributed by atoms with van der Waals surface area (Å²) in [5, 5.41) is 4.41. The first-order valence-corrected chi connectivity index (χ1v) is 8.78. The maximum absolute atomic E-state index is 11.9. The molecule has 2 N–H and O–H groups in total. The fourth-order valence-electron chi connectivity index (χ4n) is 2.49. The highest BCUT2D eigenvalue weighted by molar-refractivity contribution is 7.90. The SMILES string of the molecule is CC(N)CCS(=O)(=O)Cc1ccn(C2CCCC2)n1. The number of rotatable bonds is 6. The Morgan fingerprint density at radius 1 is 1.47 bits per heavy atom. The molecule has 108 valence electrons. The minimum absolute atomic E-state index is 0.0272. The first kappa shape index (κ1) is 14.5. The van der Waals surface area contributed by atoms with Crippen molar-refractivity contribution in [2.45, 2.75) is 56.9 Å². The number of sulfone groups is 1. The molecule has 1 aromatic rings. The van der Waals surface area contributed by atoms with Gasteiger partial charge in [-0.15, -0.1) is 0 Å². The number of nitrogens with zero attached hydrogens (tertiary/aromatic N) is 2. The lowest BCUT2D eigenvalue weighted by molar-refractivity contribution is 0.464. The number of hydrogen-bond donors (Lipinski definition) is 1. The maximum atomic E-state index is 11.9. The average Bonchev–Trinajstić information content (AvgIpc) is 2.95. The molecule has 6 heteroatoms. The van der Waals surface area contributed by atoms with Gasteiger partial charge in [-0.1, -0.05) is 12.8 Å². The summed E-state index contributed by atoms with van der Waals surface area (Å²) in [6.45, 7) is 1.82. The quantitative estimate of drug-likeness (QED) is 0.862. The zero-order valence-corrected chi connectivity index (χ0v) is 12.3. The lowest BCUT2D eigenvalue weighted by atomic mass is 10.3. The van der Waals surface area contributed by atoms with E-state index in [0.717, 1.165) is 12.8 Å². The van der Waals surface area contributed by atoms with Gasteiger partial charge in [0.1, 0.15) is 0 Å². The molecule has 1 unspecified atom stereocenters. The zero-order valence-electron chi connectivity index (χ0n) is 11.5. The van der Waals surface area contributed by atoms with E-state index in [0.29, 0.717) is 18.2 Å². The van der Waals surface area contributed by atoms with Crippen LogP contribution in [0.4, 0.5) is 0 Å². The topological polar surface area (TPSA) is 78.0 Å². The lowest BCUT2D eigenvalue weighted by Gasteiger charge is -2.09. The highest BCUT2D eigenvalue weighted by Crippen LogP contribution is 2.28. The number of hydrogen-bond acceptors (Lipinski definition) is 4. The summed E-state index contributed by atoms with van der Waals surface area (Å²) in [5.74, 6) is 0.167. The summed E-state index contributed by atoms with van der Waals surface area (Å²) in [7, 11) is -3.10. The van der Waals surface area contributed by atoms with E-state index in [-0.39, 0.29) is 17.5 Å². The van der Waals surface area contributed by atoms with E-state index in [4.69, 9.17) is 5.73 Å². The van der Waals surface area contributed by atoms with Crippen LogP contribution in [-0.2, 0) is 15.6 Å². The van der Waals surface area contributed by atoms with Crippen LogP contribution in [0.15, 0.2) is 12.3 Å². The van der Waals surface area contributed by atoms with Gasteiger partial charge in [0.2, 0.25) is 0 Å². The number of nitrogens with two attached hydrogens (primary N) is 1. The van der Waals surface area contributed by atoms with Crippen LogP contribution in [0.25, 0.3) is 0 Å². The van der Waals surface area contributed by atoms with E-state index in [2.05, 4.69) is 5.10 Å². The summed E-state index contributed by atoms with van der Waals surface area (Å²) in [6, 6.07) is 2.20. The Morgan fingerprint density at radius 2 is 2.16 bits per heavy atom. The van der Waals surface area contributed by atoms with Crippen LogP contribution in [0.1, 0.15) is 50.8 Å². The summed E-state index contributed by atoms with van der Waals surface area (Å²) >= 11 is 0. The average molecular weight is 285 g/mol. The first-order chi connectivity index (χ1) is 8.96. The second-order valence-electron chi connectivity index (χ2n) is 5.58. The Balaban J connectivity index is 1.95. The van der Waals surface area contributed by atoms with Gasteiger partial charge in [-0.2, -0.15) is 5.10 Å². The molecule has 1 saturated carbocycles. The molecule has 5 nitrogen and oxygen atoms in total. The van der Waals surface area contributed by atoms with Gasteiger partial charge in [0, 0.05) is 12.2 Å². The van der Waals surface area contributed by atoms with Gasteiger partial charge in [-0.05, 0) is 32.3 Å². The molecular weight excluding hydrogens is 262 g/mol. The Morgan fingerprint density at radius 3 is 2.79 bits per heavy atom. The van der Waals surface area contributed by atoms with Gasteiger partial charge in [-0.25, -0.2) is 8.42 Å². The van der Waals surface area contributed by atoms with E-state index in [1.165, 1.54) is 12.8 Å². The third kappa shape index (κ3) is 4.31. The molecular formula is C13H23N3O2S. The van der Waals surface area contributed by atoms with Gasteiger partial charge >= 0.3 is 0 Å². The van der Waals surface area contributed by atoms with Crippen LogP contribution in [0.5, 0.6) is 0 Å². The third-order valence-corrected chi connectivity index (χ3v) is 5.21. The van der Waals surface area contributed by atoms with Crippen LogP contribution in [0.2, 0.25) is 0 Å². The van der Waals surface area contributed by atoms with Crippen molar-refractivity contribution in [3.05, 3.63) is 18.0 Å². The highest BCUT2D eigenvalue weighted by Gasteiger charge is 2.19. The first-order valence-electron chi connectivity index (χ1n) is 6.96. The molecule has 0 aromatic carbocycles. The van der Waals surface area contributed by atoms with Crippen LogP contribution < -0.4 is 5.73 Å². The largest absolute Gasteiger partial charge is 0.328 e. The van der Waals surface area contributed by atoms with Crippen LogP contribution in [-0.4, -0.2) is 30.0 Å². The molecule has 1 aliphatic rings. The Labute approximate surface area is 115 Å². The molecule has 0 amide bonds. The molecule has 1 atom stereocenters. The van der Waals surface area contributed by atoms with Crippen molar-refractivity contribution in [3.63, 3.8) is 0 Å². The van der Waals surface area contributed by atoms with Gasteiger partial charge in [0.15, 0.2) is 9.84 Å². The summed E-state index contributed by atoms with van der Waals surface area (Å²) in [4.78, 5) is 0. The smallest absolute Gasteiger partial charge is 0.156 e. The summed E-state index contributed by atoms with van der Waals surface area (Å²) < 4.78 is 25.8. The molecule has 1 fully saturated rings. The molecule has 1 aliphatic carbocycles. The second-order valence-corrected chi connectivity index (χ2v) is 7.77. The van der Waals surface area contributed by atoms with Crippen molar-refractivity contribution < 1.29 is 8.42 Å². The molecule has 0 spiro atoms. The molecule has 0 radical (unpaired) electrons. The Hall–Kier alpha value is -0.880. The molecule has 0 saturated heterocycles. The van der Waals surface area contributed by atoms with Crippen molar-refractivity contribution in [2.75, 3.05) is 5.75 Å². The number of aromatic nitrogens is 2. The van der Waals surface area contributed by atoms with Gasteiger partial charge in [-0.3, -0.25) is 4.68 Å². The minimum atomic E-state index is -3.10. The molecule has 1 heterocycles. The fraction of sp³-hybridized carbons (Fsp3) is 0.769. The van der Waals surface area contributed by atoms with Gasteiger partial charge in [0.05, 0.1) is 23.2 Å². The molecule has 1 aromatic heterocycles. The van der Waals surface area contributed by atoms with E-state index in [1.54, 1.807) is 0 Å². The lowest BCUT2D eigenvalue weighted by Crippen LogP contribution is -2.21. The predicted molar refractivity (Wildman–Crippen MR) is 75.5 cm³/mol. The minimum Gasteiger partial charge on any atom is -0.328 e. The van der Waals surface area contributed by atoms with Crippen molar-refractivity contribution in [1.82, 2.24) is 9.78 Å². The van der Waals surface area contributed by atoms with Crippen molar-refractivity contribution in [3.8, 4) is 0 Å². The predicted octanol–water partition coefficient (Wildman–Crippen LogP) is 1.65. The van der Waals surface area contributed by atoms with E-state index < -0.39 is 9.84 Å².